The molecule has 2 aliphatic heterocycles. The summed E-state index contributed by atoms with van der Waals surface area (Å²) in [4.78, 5) is 75.7. The fraction of sp³-hybridized carbons (Fsp3) is 0.542. The summed E-state index contributed by atoms with van der Waals surface area (Å²) in [5.74, 6) is 0.209. The summed E-state index contributed by atoms with van der Waals surface area (Å²) in [5, 5.41) is 5.64. The third kappa shape index (κ3) is 7.10. The highest BCUT2D eigenvalue weighted by Crippen LogP contribution is 2.31. The molecule has 234 valence electrons. The number of aromatic nitrogens is 6. The Labute approximate surface area is 250 Å². The number of azide groups is 1. The molecule has 20 heteroatoms. The molecular formula is C24H28N10O9S. The van der Waals surface area contributed by atoms with Crippen LogP contribution in [0.1, 0.15) is 37.3 Å². The van der Waals surface area contributed by atoms with Crippen LogP contribution in [0.15, 0.2) is 38.3 Å². The van der Waals surface area contributed by atoms with Crippen LogP contribution in [-0.2, 0) is 18.9 Å². The van der Waals surface area contributed by atoms with E-state index in [1.165, 1.54) is 30.3 Å². The largest absolute Gasteiger partial charge is 0.455 e. The second-order valence-corrected chi connectivity index (χ2v) is 10.9. The number of carbonyl (C=O) groups excluding carboxylic acids is 2. The summed E-state index contributed by atoms with van der Waals surface area (Å²) < 4.78 is 25.1. The Morgan fingerprint density at radius 3 is 2.82 bits per heavy atom. The average Bonchev–Trinajstić information content (AvgIpc) is 3.74. The van der Waals surface area contributed by atoms with Crippen LogP contribution in [0.5, 0.6) is 0 Å². The first kappa shape index (κ1) is 30.8. The topological polar surface area (TPSA) is 250 Å². The van der Waals surface area contributed by atoms with E-state index in [1.54, 1.807) is 4.57 Å². The molecule has 0 radical (unpaired) electrons. The number of nitrogens with one attached hydrogen (secondary N) is 3. The van der Waals surface area contributed by atoms with Crippen molar-refractivity contribution in [3.63, 3.8) is 0 Å². The highest BCUT2D eigenvalue weighted by Gasteiger charge is 2.37. The van der Waals surface area contributed by atoms with E-state index < -0.39 is 41.0 Å². The van der Waals surface area contributed by atoms with Gasteiger partial charge in [0.05, 0.1) is 24.8 Å². The number of ether oxygens (including phenoxy) is 4. The Morgan fingerprint density at radius 2 is 2.00 bits per heavy atom. The van der Waals surface area contributed by atoms with Crippen molar-refractivity contribution in [1.82, 2.24) is 34.4 Å². The van der Waals surface area contributed by atoms with E-state index in [2.05, 4.69) is 35.3 Å². The van der Waals surface area contributed by atoms with Gasteiger partial charge in [0.15, 0.2) is 11.2 Å². The number of rotatable bonds is 10. The van der Waals surface area contributed by atoms with Gasteiger partial charge < -0.3 is 29.2 Å². The molecule has 2 fully saturated rings. The first-order valence-electron chi connectivity index (χ1n) is 13.5. The molecule has 3 N–H and O–H groups in total. The lowest BCUT2D eigenvalue weighted by Crippen LogP contribution is -2.34. The van der Waals surface area contributed by atoms with Crippen molar-refractivity contribution >= 4 is 34.3 Å². The highest BCUT2D eigenvalue weighted by molar-refractivity contribution is 8.13. The summed E-state index contributed by atoms with van der Waals surface area (Å²) in [6.45, 7) is 1.41. The van der Waals surface area contributed by atoms with Gasteiger partial charge in [0.25, 0.3) is 11.1 Å². The van der Waals surface area contributed by atoms with Gasteiger partial charge in [0.1, 0.15) is 31.8 Å². The highest BCUT2D eigenvalue weighted by atomic mass is 32.2. The molecule has 5 atom stereocenters. The number of aryl methyl sites for hydroxylation is 1. The molecule has 0 spiro atoms. The van der Waals surface area contributed by atoms with E-state index >= 15 is 0 Å². The first-order valence-corrected chi connectivity index (χ1v) is 14.5. The zero-order valence-corrected chi connectivity index (χ0v) is 24.1. The van der Waals surface area contributed by atoms with E-state index in [0.29, 0.717) is 24.1 Å². The minimum Gasteiger partial charge on any atom is -0.455 e. The maximum atomic E-state index is 12.2. The second-order valence-electron chi connectivity index (χ2n) is 9.90. The molecule has 44 heavy (non-hydrogen) atoms. The monoisotopic (exact) mass is 632 g/mol. The van der Waals surface area contributed by atoms with Crippen LogP contribution in [0.3, 0.4) is 0 Å². The number of hydrogen-bond acceptors (Lipinski definition) is 13. The van der Waals surface area contributed by atoms with Crippen molar-refractivity contribution in [1.29, 1.82) is 0 Å². The predicted octanol–water partition coefficient (Wildman–Crippen LogP) is 1.22. The van der Waals surface area contributed by atoms with E-state index in [1.807, 2.05) is 0 Å². The molecule has 0 aliphatic carbocycles. The van der Waals surface area contributed by atoms with Crippen LogP contribution < -0.4 is 22.1 Å². The van der Waals surface area contributed by atoms with Crippen molar-refractivity contribution in [3.05, 3.63) is 66.0 Å². The Bertz CT molecular complexity index is 1750. The van der Waals surface area contributed by atoms with Gasteiger partial charge in [-0.05, 0) is 37.1 Å². The van der Waals surface area contributed by atoms with Gasteiger partial charge in [-0.1, -0.05) is 5.11 Å². The van der Waals surface area contributed by atoms with Crippen molar-refractivity contribution in [2.24, 2.45) is 5.11 Å². The predicted molar refractivity (Wildman–Crippen MR) is 152 cm³/mol. The number of nitrogens with zero attached hydrogens (tertiary/aromatic N) is 7. The lowest BCUT2D eigenvalue weighted by Gasteiger charge is -2.17. The number of alkyl carbamates (subject to hydrolysis) is 1. The van der Waals surface area contributed by atoms with E-state index in [-0.39, 0.29) is 55.3 Å². The zero-order valence-electron chi connectivity index (χ0n) is 23.3. The lowest BCUT2D eigenvalue weighted by molar-refractivity contribution is -0.0307. The lowest BCUT2D eigenvalue weighted by atomic mass is 10.1. The molecule has 19 nitrogen and oxygen atoms in total. The van der Waals surface area contributed by atoms with Crippen LogP contribution in [0.4, 0.5) is 9.59 Å². The summed E-state index contributed by atoms with van der Waals surface area (Å²) in [6, 6.07) is -0.721. The molecular weight excluding hydrogens is 604 g/mol. The van der Waals surface area contributed by atoms with Gasteiger partial charge >= 0.3 is 17.1 Å². The zero-order chi connectivity index (χ0) is 31.2. The van der Waals surface area contributed by atoms with Crippen LogP contribution in [-0.4, -0.2) is 84.2 Å². The minimum atomic E-state index is -0.832. The van der Waals surface area contributed by atoms with Crippen LogP contribution in [0, 0.1) is 6.92 Å². The van der Waals surface area contributed by atoms with Crippen LogP contribution in [0.25, 0.3) is 21.6 Å². The Balaban J connectivity index is 0.991. The number of carbonyl (C=O) groups is 2. The minimum absolute atomic E-state index is 0.0396. The molecule has 1 amide bonds. The Morgan fingerprint density at radius 1 is 1.16 bits per heavy atom. The molecule has 3 aromatic rings. The fourth-order valence-electron chi connectivity index (χ4n) is 4.81. The van der Waals surface area contributed by atoms with Crippen LogP contribution in [0.2, 0.25) is 0 Å². The average molecular weight is 633 g/mol. The van der Waals surface area contributed by atoms with Gasteiger partial charge in [0, 0.05) is 35.4 Å². The fourth-order valence-corrected chi connectivity index (χ4v) is 5.33. The maximum Gasteiger partial charge on any atom is 0.407 e. The molecule has 0 aromatic carbocycles. The molecule has 3 aromatic heterocycles. The normalized spacial score (nSPS) is 22.9. The van der Waals surface area contributed by atoms with Crippen molar-refractivity contribution < 1.29 is 28.5 Å². The van der Waals surface area contributed by atoms with Crippen LogP contribution >= 0.6 is 11.8 Å². The Hall–Kier alpha value is -4.65. The smallest absolute Gasteiger partial charge is 0.407 e. The SMILES string of the molecule is Cc1cn([C@H]2C[C@H](N=[N+]=[N-])[C@@H](COC(=O)NCCSC(=O)OC[C@@H]3CC[C@H](n4cnc5c(=O)[nH]cnc54)O3)O2)c(=O)[nH]c1=O. The summed E-state index contributed by atoms with van der Waals surface area (Å²) in [6.07, 6.45) is 2.37. The number of amides is 1. The molecule has 2 saturated heterocycles. The molecule has 0 bridgehead atoms. The number of fused-ring (bicyclic) bond motifs is 1. The standard InChI is InChI=1S/C24H28N10O9S/c1-12-7-33(22(37)30-20(12)35)17-6-14(31-32-25)15(43-17)9-40-23(38)26-4-5-44-24(39)41-8-13-2-3-16(42-13)34-11-29-18-19(34)27-10-28-21(18)36/h7,10-11,13-17H,2-6,8-9H2,1H3,(H,26,38)(H,27,28,36)(H,30,35,37)/t13-,14-,15+,16+,17+/m0/s1. The van der Waals surface area contributed by atoms with Gasteiger partial charge in [0.2, 0.25) is 0 Å². The van der Waals surface area contributed by atoms with Gasteiger partial charge in [-0.15, -0.1) is 0 Å². The number of H-pyrrole nitrogens is 2. The third-order valence-corrected chi connectivity index (χ3v) is 7.74. The number of hydrogen-bond donors (Lipinski definition) is 3. The molecule has 2 aliphatic rings. The van der Waals surface area contributed by atoms with Crippen molar-refractivity contribution in [3.8, 4) is 0 Å². The Kier molecular flexibility index (Phi) is 9.63. The molecule has 0 saturated carbocycles. The number of aromatic amines is 2. The van der Waals surface area contributed by atoms with E-state index in [0.717, 1.165) is 11.8 Å². The van der Waals surface area contributed by atoms with Gasteiger partial charge in [-0.25, -0.2) is 24.4 Å². The first-order chi connectivity index (χ1) is 21.2. The van der Waals surface area contributed by atoms with Crippen molar-refractivity contribution in [2.75, 3.05) is 25.5 Å². The van der Waals surface area contributed by atoms with Gasteiger partial charge in [-0.3, -0.25) is 23.7 Å². The summed E-state index contributed by atoms with van der Waals surface area (Å²) >= 11 is 0.868. The van der Waals surface area contributed by atoms with E-state index in [4.69, 9.17) is 24.5 Å². The second kappa shape index (κ2) is 13.8. The third-order valence-electron chi connectivity index (χ3n) is 6.98. The quantitative estimate of drug-likeness (QED) is 0.0938. The van der Waals surface area contributed by atoms with Gasteiger partial charge in [-0.2, -0.15) is 0 Å². The summed E-state index contributed by atoms with van der Waals surface area (Å²) in [7, 11) is 0. The summed E-state index contributed by atoms with van der Waals surface area (Å²) in [5.41, 5.74) is 8.28. The van der Waals surface area contributed by atoms with Crippen molar-refractivity contribution in [2.45, 2.75) is 56.9 Å². The van der Waals surface area contributed by atoms with E-state index in [9.17, 15) is 24.0 Å². The molecule has 5 rings (SSSR count). The molecule has 0 unspecified atom stereocenters. The molecule has 5 heterocycles. The number of thioether (sulfide) groups is 1. The maximum absolute atomic E-state index is 12.2. The number of imidazole rings is 1.